The highest BCUT2D eigenvalue weighted by Crippen LogP contribution is 2.12. The van der Waals surface area contributed by atoms with E-state index < -0.39 is 5.44 Å². The van der Waals surface area contributed by atoms with E-state index in [4.69, 9.17) is 10.2 Å². The van der Waals surface area contributed by atoms with E-state index in [-0.39, 0.29) is 6.61 Å². The first kappa shape index (κ1) is 13.3. The molecule has 0 fully saturated rings. The summed E-state index contributed by atoms with van der Waals surface area (Å²) in [5.74, 6) is 0.966. The third-order valence-corrected chi connectivity index (χ3v) is 3.02. The molecule has 0 saturated heterocycles. The van der Waals surface area contributed by atoms with Crippen LogP contribution in [-0.4, -0.2) is 28.0 Å². The summed E-state index contributed by atoms with van der Waals surface area (Å²) in [5.41, 5.74) is -0.573. The molecule has 1 unspecified atom stereocenters. The van der Waals surface area contributed by atoms with Gasteiger partial charge in [-0.1, -0.05) is 39.0 Å². The number of aliphatic hydroxyl groups is 2. The molecule has 13 heavy (non-hydrogen) atoms. The molecule has 2 N–H and O–H groups in total. The highest BCUT2D eigenvalue weighted by molar-refractivity contribution is 7.99. The molecule has 0 aliphatic carbocycles. The predicted molar refractivity (Wildman–Crippen MR) is 58.9 cm³/mol. The Kier molecular flexibility index (Phi) is 10.6. The fourth-order valence-electron chi connectivity index (χ4n) is 1.15. The van der Waals surface area contributed by atoms with Gasteiger partial charge in [-0.25, -0.2) is 0 Å². The van der Waals surface area contributed by atoms with Crippen molar-refractivity contribution in [2.24, 2.45) is 0 Å². The second kappa shape index (κ2) is 10.4. The van der Waals surface area contributed by atoms with Gasteiger partial charge in [0.2, 0.25) is 0 Å². The van der Waals surface area contributed by atoms with Crippen LogP contribution in [0.15, 0.2) is 0 Å². The molecule has 0 heterocycles. The quantitative estimate of drug-likeness (QED) is 0.449. The van der Waals surface area contributed by atoms with Gasteiger partial charge in [0.25, 0.3) is 0 Å². The van der Waals surface area contributed by atoms with Gasteiger partial charge in [0, 0.05) is 0 Å². The van der Waals surface area contributed by atoms with E-state index in [1.165, 1.54) is 43.9 Å². The van der Waals surface area contributed by atoms with Crippen LogP contribution in [0.3, 0.4) is 0 Å². The standard InChI is InChI=1S/C10H22O2S/c1-2-3-4-5-6-7-8-13-10(12)9-11/h10-12H,2-9H2,1H3. The van der Waals surface area contributed by atoms with Crippen molar-refractivity contribution in [1.29, 1.82) is 0 Å². The number of hydrogen-bond donors (Lipinski definition) is 2. The van der Waals surface area contributed by atoms with Crippen molar-refractivity contribution in [3.05, 3.63) is 0 Å². The molecule has 0 spiro atoms. The predicted octanol–water partition coefficient (Wildman–Crippen LogP) is 2.39. The Morgan fingerprint density at radius 2 is 1.69 bits per heavy atom. The lowest BCUT2D eigenvalue weighted by molar-refractivity contribution is 0.160. The SMILES string of the molecule is CCCCCCCCSC(O)CO. The zero-order valence-electron chi connectivity index (χ0n) is 8.54. The summed E-state index contributed by atoms with van der Waals surface area (Å²) in [4.78, 5) is 0. The summed E-state index contributed by atoms with van der Waals surface area (Å²) in [7, 11) is 0. The van der Waals surface area contributed by atoms with E-state index in [1.807, 2.05) is 0 Å². The molecular weight excluding hydrogens is 184 g/mol. The molecule has 0 amide bonds. The van der Waals surface area contributed by atoms with E-state index in [9.17, 15) is 0 Å². The Morgan fingerprint density at radius 3 is 2.31 bits per heavy atom. The fourth-order valence-corrected chi connectivity index (χ4v) is 1.90. The van der Waals surface area contributed by atoms with Crippen LogP contribution in [-0.2, 0) is 0 Å². The molecule has 0 bridgehead atoms. The smallest absolute Gasteiger partial charge is 0.122 e. The summed E-state index contributed by atoms with van der Waals surface area (Å²) < 4.78 is 0. The highest BCUT2D eigenvalue weighted by Gasteiger charge is 2.00. The number of thioether (sulfide) groups is 1. The maximum absolute atomic E-state index is 9.01. The minimum Gasteiger partial charge on any atom is -0.393 e. The molecule has 0 aromatic carbocycles. The van der Waals surface area contributed by atoms with Crippen molar-refractivity contribution >= 4 is 11.8 Å². The first-order valence-corrected chi connectivity index (χ1v) is 6.26. The van der Waals surface area contributed by atoms with Crippen LogP contribution in [0.25, 0.3) is 0 Å². The normalized spacial score (nSPS) is 13.2. The van der Waals surface area contributed by atoms with E-state index in [1.54, 1.807) is 0 Å². The third-order valence-electron chi connectivity index (χ3n) is 1.96. The molecule has 0 rings (SSSR count). The maximum Gasteiger partial charge on any atom is 0.122 e. The molecule has 1 atom stereocenters. The van der Waals surface area contributed by atoms with Crippen molar-refractivity contribution in [2.75, 3.05) is 12.4 Å². The van der Waals surface area contributed by atoms with Gasteiger partial charge in [-0.15, -0.1) is 11.8 Å². The second-order valence-corrected chi connectivity index (χ2v) is 4.56. The number of unbranched alkanes of at least 4 members (excludes halogenated alkanes) is 5. The number of aliphatic hydroxyl groups excluding tert-OH is 2. The average Bonchev–Trinajstić information content (AvgIpc) is 2.16. The van der Waals surface area contributed by atoms with Crippen molar-refractivity contribution in [2.45, 2.75) is 50.9 Å². The van der Waals surface area contributed by atoms with Crippen LogP contribution >= 0.6 is 11.8 Å². The highest BCUT2D eigenvalue weighted by atomic mass is 32.2. The largest absolute Gasteiger partial charge is 0.393 e. The maximum atomic E-state index is 9.01. The minimum absolute atomic E-state index is 0.125. The number of hydrogen-bond acceptors (Lipinski definition) is 3. The average molecular weight is 206 g/mol. The van der Waals surface area contributed by atoms with E-state index >= 15 is 0 Å². The van der Waals surface area contributed by atoms with Gasteiger partial charge in [-0.2, -0.15) is 0 Å². The van der Waals surface area contributed by atoms with Gasteiger partial charge in [0.05, 0.1) is 6.61 Å². The summed E-state index contributed by atoms with van der Waals surface area (Å²) in [6.45, 7) is 2.09. The molecule has 0 saturated carbocycles. The van der Waals surface area contributed by atoms with Crippen molar-refractivity contribution < 1.29 is 10.2 Å². The van der Waals surface area contributed by atoms with Crippen LogP contribution in [0.1, 0.15) is 45.4 Å². The minimum atomic E-state index is -0.573. The Labute approximate surface area is 85.7 Å². The Balaban J connectivity index is 2.91. The van der Waals surface area contributed by atoms with Crippen molar-refractivity contribution in [1.82, 2.24) is 0 Å². The van der Waals surface area contributed by atoms with Crippen LogP contribution in [0.4, 0.5) is 0 Å². The lowest BCUT2D eigenvalue weighted by Gasteiger charge is -2.05. The lowest BCUT2D eigenvalue weighted by atomic mass is 10.1. The molecular formula is C10H22O2S. The van der Waals surface area contributed by atoms with Gasteiger partial charge in [-0.05, 0) is 12.2 Å². The first-order chi connectivity index (χ1) is 6.31. The molecule has 0 aromatic rings. The molecule has 0 aromatic heterocycles. The van der Waals surface area contributed by atoms with Crippen molar-refractivity contribution in [3.63, 3.8) is 0 Å². The Hall–Kier alpha value is 0.270. The van der Waals surface area contributed by atoms with Crippen molar-refractivity contribution in [3.8, 4) is 0 Å². The fraction of sp³-hybridized carbons (Fsp3) is 1.00. The molecule has 0 radical (unpaired) electrons. The van der Waals surface area contributed by atoms with Crippen LogP contribution in [0.2, 0.25) is 0 Å². The first-order valence-electron chi connectivity index (χ1n) is 5.21. The van der Waals surface area contributed by atoms with Gasteiger partial charge < -0.3 is 10.2 Å². The summed E-state index contributed by atoms with van der Waals surface area (Å²) in [5, 5.41) is 17.5. The summed E-state index contributed by atoms with van der Waals surface area (Å²) in [6.07, 6.45) is 7.69. The topological polar surface area (TPSA) is 40.5 Å². The van der Waals surface area contributed by atoms with E-state index in [2.05, 4.69) is 6.92 Å². The van der Waals surface area contributed by atoms with Gasteiger partial charge in [-0.3, -0.25) is 0 Å². The Bertz CT molecular complexity index is 98.9. The zero-order valence-corrected chi connectivity index (χ0v) is 9.35. The Morgan fingerprint density at radius 1 is 1.08 bits per heavy atom. The third kappa shape index (κ3) is 10.2. The monoisotopic (exact) mass is 206 g/mol. The summed E-state index contributed by atoms with van der Waals surface area (Å²) >= 11 is 1.45. The second-order valence-electron chi connectivity index (χ2n) is 3.28. The van der Waals surface area contributed by atoms with Crippen LogP contribution in [0.5, 0.6) is 0 Å². The van der Waals surface area contributed by atoms with E-state index in [0.29, 0.717) is 0 Å². The molecule has 3 heteroatoms. The number of rotatable bonds is 9. The van der Waals surface area contributed by atoms with Gasteiger partial charge in [0.15, 0.2) is 0 Å². The van der Waals surface area contributed by atoms with Crippen LogP contribution in [0, 0.1) is 0 Å². The van der Waals surface area contributed by atoms with Gasteiger partial charge in [0.1, 0.15) is 5.44 Å². The lowest BCUT2D eigenvalue weighted by Crippen LogP contribution is -2.06. The van der Waals surface area contributed by atoms with E-state index in [0.717, 1.165) is 12.2 Å². The molecule has 0 aliphatic heterocycles. The molecule has 80 valence electrons. The van der Waals surface area contributed by atoms with Crippen LogP contribution < -0.4 is 0 Å². The molecule has 2 nitrogen and oxygen atoms in total. The summed E-state index contributed by atoms with van der Waals surface area (Å²) in [6, 6.07) is 0. The van der Waals surface area contributed by atoms with Gasteiger partial charge >= 0.3 is 0 Å². The molecule has 0 aliphatic rings. The zero-order chi connectivity index (χ0) is 9.94.